The first-order valence-corrected chi connectivity index (χ1v) is 6.55. The molecule has 0 saturated heterocycles. The minimum atomic E-state index is 0.240. The summed E-state index contributed by atoms with van der Waals surface area (Å²) in [6, 6.07) is 16.3. The quantitative estimate of drug-likeness (QED) is 0.479. The summed E-state index contributed by atoms with van der Waals surface area (Å²) >= 11 is 6.02. The highest BCUT2D eigenvalue weighted by Gasteiger charge is 2.05. The van der Waals surface area contributed by atoms with Gasteiger partial charge in [0.15, 0.2) is 0 Å². The van der Waals surface area contributed by atoms with Gasteiger partial charge in [-0.2, -0.15) is 0 Å². The van der Waals surface area contributed by atoms with E-state index in [0.29, 0.717) is 10.7 Å². The minimum absolute atomic E-state index is 0.240. The van der Waals surface area contributed by atoms with E-state index in [-0.39, 0.29) is 5.75 Å². The van der Waals surface area contributed by atoms with Crippen molar-refractivity contribution in [1.29, 1.82) is 0 Å². The fraction of sp³-hybridized carbons (Fsp3) is 0. The molecule has 0 aliphatic carbocycles. The Kier molecular flexibility index (Phi) is 3.12. The highest BCUT2D eigenvalue weighted by Crippen LogP contribution is 2.32. The molecular formula is C16H13ClN2O. The van der Waals surface area contributed by atoms with Crippen LogP contribution in [0.1, 0.15) is 0 Å². The lowest BCUT2D eigenvalue weighted by Crippen LogP contribution is -1.94. The molecule has 0 heterocycles. The maximum absolute atomic E-state index is 9.30. The summed E-state index contributed by atoms with van der Waals surface area (Å²) in [5, 5.41) is 15.2. The van der Waals surface area contributed by atoms with Gasteiger partial charge in [-0.1, -0.05) is 17.7 Å². The van der Waals surface area contributed by atoms with Gasteiger partial charge in [-0.25, -0.2) is 0 Å². The lowest BCUT2D eigenvalue weighted by Gasteiger charge is -2.12. The first kappa shape index (κ1) is 12.6. The lowest BCUT2D eigenvalue weighted by atomic mass is 10.1. The number of fused-ring (bicyclic) bond motifs is 1. The molecule has 0 amide bonds. The molecule has 100 valence electrons. The van der Waals surface area contributed by atoms with E-state index in [0.717, 1.165) is 22.1 Å². The molecule has 0 spiro atoms. The van der Waals surface area contributed by atoms with Crippen molar-refractivity contribution in [2.75, 3.05) is 11.1 Å². The van der Waals surface area contributed by atoms with Crippen LogP contribution in [0.2, 0.25) is 5.02 Å². The van der Waals surface area contributed by atoms with Crippen molar-refractivity contribution in [2.45, 2.75) is 0 Å². The molecule has 4 N–H and O–H groups in total. The van der Waals surface area contributed by atoms with E-state index in [1.165, 1.54) is 0 Å². The van der Waals surface area contributed by atoms with Gasteiger partial charge in [0.1, 0.15) is 5.75 Å². The molecule has 0 aliphatic rings. The second kappa shape index (κ2) is 4.94. The first-order valence-electron chi connectivity index (χ1n) is 6.17. The number of nitrogens with two attached hydrogens (primary N) is 1. The molecule has 0 aliphatic heterocycles. The highest BCUT2D eigenvalue weighted by atomic mass is 35.5. The van der Waals surface area contributed by atoms with E-state index in [2.05, 4.69) is 5.32 Å². The van der Waals surface area contributed by atoms with Crippen LogP contribution >= 0.6 is 11.6 Å². The zero-order valence-electron chi connectivity index (χ0n) is 10.6. The summed E-state index contributed by atoms with van der Waals surface area (Å²) in [4.78, 5) is 0. The number of anilines is 3. The van der Waals surface area contributed by atoms with Gasteiger partial charge in [-0.3, -0.25) is 0 Å². The van der Waals surface area contributed by atoms with E-state index in [1.54, 1.807) is 12.1 Å². The average Bonchev–Trinajstić information content (AvgIpc) is 2.44. The van der Waals surface area contributed by atoms with Crippen LogP contribution in [0.4, 0.5) is 17.1 Å². The summed E-state index contributed by atoms with van der Waals surface area (Å²) < 4.78 is 0. The van der Waals surface area contributed by atoms with E-state index in [9.17, 15) is 5.11 Å². The van der Waals surface area contributed by atoms with Crippen LogP contribution in [0.25, 0.3) is 10.8 Å². The number of rotatable bonds is 2. The Morgan fingerprint density at radius 1 is 0.900 bits per heavy atom. The van der Waals surface area contributed by atoms with Gasteiger partial charge in [-0.15, -0.1) is 0 Å². The zero-order valence-corrected chi connectivity index (χ0v) is 11.4. The number of phenols is 1. The van der Waals surface area contributed by atoms with Gasteiger partial charge in [0, 0.05) is 32.9 Å². The normalized spacial score (nSPS) is 10.7. The summed E-state index contributed by atoms with van der Waals surface area (Å²) in [5.74, 6) is 0.240. The number of halogens is 1. The molecule has 3 rings (SSSR count). The first-order chi connectivity index (χ1) is 9.63. The van der Waals surface area contributed by atoms with E-state index in [4.69, 9.17) is 17.3 Å². The van der Waals surface area contributed by atoms with E-state index < -0.39 is 0 Å². The maximum Gasteiger partial charge on any atom is 0.115 e. The Morgan fingerprint density at radius 2 is 1.65 bits per heavy atom. The third-order valence-electron chi connectivity index (χ3n) is 3.16. The third kappa shape index (κ3) is 2.36. The summed E-state index contributed by atoms with van der Waals surface area (Å²) in [6.45, 7) is 0. The summed E-state index contributed by atoms with van der Waals surface area (Å²) in [5.41, 5.74) is 8.51. The number of hydrogen-bond acceptors (Lipinski definition) is 3. The van der Waals surface area contributed by atoms with Gasteiger partial charge in [0.25, 0.3) is 0 Å². The molecule has 0 unspecified atom stereocenters. The van der Waals surface area contributed by atoms with Crippen LogP contribution in [0.15, 0.2) is 54.6 Å². The van der Waals surface area contributed by atoms with Crippen molar-refractivity contribution in [3.05, 3.63) is 59.6 Å². The molecule has 0 radical (unpaired) electrons. The molecule has 0 saturated carbocycles. The Hall–Kier alpha value is -2.39. The zero-order chi connectivity index (χ0) is 14.1. The van der Waals surface area contributed by atoms with Crippen molar-refractivity contribution >= 4 is 39.4 Å². The number of nitrogen functional groups attached to an aromatic ring is 1. The van der Waals surface area contributed by atoms with Crippen molar-refractivity contribution < 1.29 is 5.11 Å². The van der Waals surface area contributed by atoms with Gasteiger partial charge in [0.05, 0.1) is 0 Å². The summed E-state index contributed by atoms with van der Waals surface area (Å²) in [6.07, 6.45) is 0. The fourth-order valence-corrected chi connectivity index (χ4v) is 2.32. The molecular weight excluding hydrogens is 272 g/mol. The second-order valence-electron chi connectivity index (χ2n) is 4.56. The van der Waals surface area contributed by atoms with E-state index in [1.807, 2.05) is 42.5 Å². The van der Waals surface area contributed by atoms with Crippen LogP contribution in [-0.4, -0.2) is 5.11 Å². The monoisotopic (exact) mass is 284 g/mol. The minimum Gasteiger partial charge on any atom is -0.508 e. The Morgan fingerprint density at radius 3 is 2.40 bits per heavy atom. The van der Waals surface area contributed by atoms with Gasteiger partial charge in [-0.05, 0) is 48.5 Å². The van der Waals surface area contributed by atoms with Crippen LogP contribution in [0, 0.1) is 0 Å². The second-order valence-corrected chi connectivity index (χ2v) is 5.00. The number of hydrogen-bond donors (Lipinski definition) is 3. The number of phenolic OH excluding ortho intramolecular Hbond substituents is 1. The van der Waals surface area contributed by atoms with Crippen LogP contribution < -0.4 is 11.1 Å². The molecule has 3 aromatic carbocycles. The predicted molar refractivity (Wildman–Crippen MR) is 84.8 cm³/mol. The Bertz CT molecular complexity index is 769. The predicted octanol–water partition coefficient (Wildman–Crippen LogP) is 4.52. The lowest BCUT2D eigenvalue weighted by molar-refractivity contribution is 0.475. The SMILES string of the molecule is Nc1ccc(Nc2ccc(O)cc2)c2ccc(Cl)cc12. The molecule has 20 heavy (non-hydrogen) atoms. The topological polar surface area (TPSA) is 58.3 Å². The van der Waals surface area contributed by atoms with Gasteiger partial charge >= 0.3 is 0 Å². The van der Waals surface area contributed by atoms with Gasteiger partial charge < -0.3 is 16.2 Å². The van der Waals surface area contributed by atoms with Crippen LogP contribution in [0.5, 0.6) is 5.75 Å². The van der Waals surface area contributed by atoms with Crippen molar-refractivity contribution in [3.8, 4) is 5.75 Å². The van der Waals surface area contributed by atoms with Crippen molar-refractivity contribution in [2.24, 2.45) is 0 Å². The van der Waals surface area contributed by atoms with Crippen LogP contribution in [-0.2, 0) is 0 Å². The standard InChI is InChI=1S/C16H13ClN2O/c17-10-1-6-13-14(9-10)15(18)7-8-16(13)19-11-2-4-12(20)5-3-11/h1-9,19-20H,18H2. The molecule has 0 aromatic heterocycles. The van der Waals surface area contributed by atoms with E-state index >= 15 is 0 Å². The van der Waals surface area contributed by atoms with Crippen molar-refractivity contribution in [3.63, 3.8) is 0 Å². The van der Waals surface area contributed by atoms with Crippen molar-refractivity contribution in [1.82, 2.24) is 0 Å². The number of benzene rings is 3. The molecule has 4 heteroatoms. The van der Waals surface area contributed by atoms with Gasteiger partial charge in [0.2, 0.25) is 0 Å². The molecule has 0 atom stereocenters. The third-order valence-corrected chi connectivity index (χ3v) is 3.39. The largest absolute Gasteiger partial charge is 0.508 e. The highest BCUT2D eigenvalue weighted by molar-refractivity contribution is 6.31. The molecule has 3 aromatic rings. The maximum atomic E-state index is 9.30. The fourth-order valence-electron chi connectivity index (χ4n) is 2.15. The molecule has 0 bridgehead atoms. The van der Waals surface area contributed by atoms with Crippen LogP contribution in [0.3, 0.4) is 0 Å². The smallest absolute Gasteiger partial charge is 0.115 e. The molecule has 3 nitrogen and oxygen atoms in total. The Labute approximate surface area is 121 Å². The molecule has 0 fully saturated rings. The number of nitrogens with one attached hydrogen (secondary N) is 1. The number of aromatic hydroxyl groups is 1. The Balaban J connectivity index is 2.08. The summed E-state index contributed by atoms with van der Waals surface area (Å²) in [7, 11) is 0. The average molecular weight is 285 g/mol.